The van der Waals surface area contributed by atoms with Gasteiger partial charge in [0.05, 0.1) is 0 Å². The van der Waals surface area contributed by atoms with Gasteiger partial charge in [-0.3, -0.25) is 9.80 Å². The smallest absolute Gasteiger partial charge is 0.169 e. The van der Waals surface area contributed by atoms with Gasteiger partial charge in [-0.25, -0.2) is 0 Å². The molecule has 0 saturated carbocycles. The molecule has 5 fully saturated rings. The van der Waals surface area contributed by atoms with E-state index in [2.05, 4.69) is 66.1 Å². The lowest BCUT2D eigenvalue weighted by Gasteiger charge is -2.54. The predicted octanol–water partition coefficient (Wildman–Crippen LogP) is 5.01. The van der Waals surface area contributed by atoms with Gasteiger partial charge >= 0.3 is 0 Å². The van der Waals surface area contributed by atoms with Gasteiger partial charge in [-0.2, -0.15) is 0 Å². The number of fused-ring (bicyclic) bond motifs is 4. The molecule has 0 bridgehead atoms. The quantitative estimate of drug-likeness (QED) is 0.598. The Balaban J connectivity index is 1.30. The molecule has 2 aromatic rings. The van der Waals surface area contributed by atoms with E-state index in [0.717, 1.165) is 37.9 Å². The molecule has 0 amide bonds. The summed E-state index contributed by atoms with van der Waals surface area (Å²) in [7, 11) is 0. The van der Waals surface area contributed by atoms with Crippen LogP contribution in [-0.2, 0) is 15.9 Å². The lowest BCUT2D eigenvalue weighted by molar-refractivity contribution is -0.270. The molecule has 0 aliphatic carbocycles. The van der Waals surface area contributed by atoms with Crippen LogP contribution in [0.15, 0.2) is 60.7 Å². The first-order valence-corrected chi connectivity index (χ1v) is 15.1. The fourth-order valence-electron chi connectivity index (χ4n) is 9.58. The van der Waals surface area contributed by atoms with Crippen molar-refractivity contribution in [3.8, 4) is 0 Å². The SMILES string of the molecule is C[C@H]1C[C@H]2CCCN2[C@H](C[C@@]2(O)C[C@@H]3N4CCC[C@@H]4C[C@H](C)[C@]3(c3ccccc3)O2)[C@]1(O)c1ccccc1. The Labute approximate surface area is 227 Å². The van der Waals surface area contributed by atoms with Crippen molar-refractivity contribution in [3.05, 3.63) is 71.8 Å². The van der Waals surface area contributed by atoms with E-state index in [1.807, 2.05) is 18.2 Å². The molecule has 38 heavy (non-hydrogen) atoms. The van der Waals surface area contributed by atoms with Crippen molar-refractivity contribution in [1.29, 1.82) is 0 Å². The predicted molar refractivity (Wildman–Crippen MR) is 148 cm³/mol. The molecule has 9 atom stereocenters. The minimum atomic E-state index is -1.30. The highest BCUT2D eigenvalue weighted by atomic mass is 16.6. The minimum Gasteiger partial charge on any atom is -0.383 e. The van der Waals surface area contributed by atoms with Gasteiger partial charge < -0.3 is 14.9 Å². The molecule has 7 rings (SSSR count). The summed E-state index contributed by atoms with van der Waals surface area (Å²) in [5, 5.41) is 25.2. The molecule has 5 heteroatoms. The van der Waals surface area contributed by atoms with Gasteiger partial charge in [-0.15, -0.1) is 0 Å². The Morgan fingerprint density at radius 3 is 2.05 bits per heavy atom. The molecule has 5 aliphatic heterocycles. The molecule has 0 radical (unpaired) electrons. The number of ether oxygens (including phenoxy) is 1. The highest BCUT2D eigenvalue weighted by Gasteiger charge is 2.66. The summed E-state index contributed by atoms with van der Waals surface area (Å²) in [6, 6.07) is 21.9. The lowest BCUT2D eigenvalue weighted by atomic mass is 9.68. The number of hydrogen-bond acceptors (Lipinski definition) is 5. The van der Waals surface area contributed by atoms with Crippen LogP contribution < -0.4 is 0 Å². The molecule has 0 aromatic heterocycles. The first kappa shape index (κ1) is 25.2. The first-order valence-electron chi connectivity index (χ1n) is 15.1. The fourth-order valence-corrected chi connectivity index (χ4v) is 9.58. The lowest BCUT2D eigenvalue weighted by Crippen LogP contribution is -2.62. The van der Waals surface area contributed by atoms with Crippen LogP contribution in [0.2, 0.25) is 0 Å². The van der Waals surface area contributed by atoms with Crippen LogP contribution in [0.3, 0.4) is 0 Å². The fraction of sp³-hybridized carbons (Fsp3) is 0.636. The third-order valence-corrected chi connectivity index (χ3v) is 11.2. The maximum absolute atomic E-state index is 12.6. The molecular formula is C33H44N2O3. The van der Waals surface area contributed by atoms with Crippen LogP contribution >= 0.6 is 0 Å². The summed E-state index contributed by atoms with van der Waals surface area (Å²) < 4.78 is 7.14. The summed E-state index contributed by atoms with van der Waals surface area (Å²) in [4.78, 5) is 5.18. The molecule has 0 spiro atoms. The Bertz CT molecular complexity index is 1150. The van der Waals surface area contributed by atoms with Crippen LogP contribution in [0.25, 0.3) is 0 Å². The number of aliphatic hydroxyl groups is 2. The van der Waals surface area contributed by atoms with Gasteiger partial charge in [-0.05, 0) is 74.6 Å². The second-order valence-electron chi connectivity index (χ2n) is 13.2. The van der Waals surface area contributed by atoms with Crippen molar-refractivity contribution in [3.63, 3.8) is 0 Å². The Hall–Kier alpha value is -1.76. The van der Waals surface area contributed by atoms with E-state index in [1.54, 1.807) is 0 Å². The molecule has 2 N–H and O–H groups in total. The maximum Gasteiger partial charge on any atom is 0.169 e. The van der Waals surface area contributed by atoms with Crippen LogP contribution in [0.1, 0.15) is 76.3 Å². The zero-order chi connectivity index (χ0) is 26.1. The second kappa shape index (κ2) is 9.14. The highest BCUT2D eigenvalue weighted by molar-refractivity contribution is 5.32. The van der Waals surface area contributed by atoms with E-state index in [0.29, 0.717) is 30.8 Å². The van der Waals surface area contributed by atoms with E-state index < -0.39 is 17.0 Å². The summed E-state index contributed by atoms with van der Waals surface area (Å²) in [5.41, 5.74) is 0.587. The number of benzene rings is 2. The number of rotatable bonds is 4. The zero-order valence-corrected chi connectivity index (χ0v) is 23.0. The summed E-state index contributed by atoms with van der Waals surface area (Å²) >= 11 is 0. The minimum absolute atomic E-state index is 0.103. The Kier molecular flexibility index (Phi) is 6.07. The average Bonchev–Trinajstić information content (AvgIpc) is 3.66. The van der Waals surface area contributed by atoms with Gasteiger partial charge in [0.15, 0.2) is 5.79 Å². The van der Waals surface area contributed by atoms with Gasteiger partial charge in [0, 0.05) is 37.0 Å². The molecule has 5 aliphatic rings. The van der Waals surface area contributed by atoms with Crippen molar-refractivity contribution < 1.29 is 14.9 Å². The highest BCUT2D eigenvalue weighted by Crippen LogP contribution is 2.59. The molecule has 204 valence electrons. The summed E-state index contributed by atoms with van der Waals surface area (Å²) in [6.45, 7) is 6.60. The maximum atomic E-state index is 12.6. The normalized spacial score (nSPS) is 45.1. The van der Waals surface area contributed by atoms with Crippen LogP contribution in [0.5, 0.6) is 0 Å². The first-order chi connectivity index (χ1) is 18.3. The van der Waals surface area contributed by atoms with Crippen molar-refractivity contribution in [2.45, 2.75) is 106 Å². The second-order valence-corrected chi connectivity index (χ2v) is 13.2. The zero-order valence-electron chi connectivity index (χ0n) is 23.0. The Morgan fingerprint density at radius 1 is 0.789 bits per heavy atom. The number of hydrogen-bond donors (Lipinski definition) is 2. The van der Waals surface area contributed by atoms with Gasteiger partial charge in [0.2, 0.25) is 0 Å². The van der Waals surface area contributed by atoms with Gasteiger partial charge in [0.25, 0.3) is 0 Å². The monoisotopic (exact) mass is 516 g/mol. The van der Waals surface area contributed by atoms with E-state index >= 15 is 0 Å². The van der Waals surface area contributed by atoms with E-state index in [9.17, 15) is 10.2 Å². The van der Waals surface area contributed by atoms with Gasteiger partial charge in [0.1, 0.15) is 11.2 Å². The van der Waals surface area contributed by atoms with Crippen LogP contribution in [0.4, 0.5) is 0 Å². The van der Waals surface area contributed by atoms with Crippen molar-refractivity contribution >= 4 is 0 Å². The third-order valence-electron chi connectivity index (χ3n) is 11.2. The van der Waals surface area contributed by atoms with Gasteiger partial charge in [-0.1, -0.05) is 74.5 Å². The topological polar surface area (TPSA) is 56.2 Å². The molecule has 0 unspecified atom stereocenters. The summed E-state index contributed by atoms with van der Waals surface area (Å²) in [5.74, 6) is -0.892. The number of nitrogens with zero attached hydrogens (tertiary/aromatic N) is 2. The third kappa shape index (κ3) is 3.62. The molecule has 5 saturated heterocycles. The van der Waals surface area contributed by atoms with E-state index in [1.165, 1.54) is 24.8 Å². The molecule has 2 aromatic carbocycles. The molecular weight excluding hydrogens is 472 g/mol. The molecule has 5 heterocycles. The van der Waals surface area contributed by atoms with E-state index in [4.69, 9.17) is 4.74 Å². The van der Waals surface area contributed by atoms with Crippen molar-refractivity contribution in [2.75, 3.05) is 13.1 Å². The number of piperidine rings is 2. The van der Waals surface area contributed by atoms with Crippen LogP contribution in [-0.4, -0.2) is 63.1 Å². The van der Waals surface area contributed by atoms with Crippen LogP contribution in [0, 0.1) is 11.8 Å². The average molecular weight is 517 g/mol. The standard InChI is InChI=1S/C33H44N2O3/c1-23-19-27-15-9-17-34(27)29(32(23,37)25-11-5-3-6-12-25)21-31(36)22-30-33(38-31,26-13-7-4-8-14-26)24(2)20-28-16-10-18-35(28)30/h3-8,11-14,23-24,27-30,36-37H,9-10,15-22H2,1-2H3/t23-,24-,27+,28+,29+,30-,31-,32+,33+/m0/s1. The van der Waals surface area contributed by atoms with Crippen molar-refractivity contribution in [2.24, 2.45) is 11.8 Å². The van der Waals surface area contributed by atoms with E-state index in [-0.39, 0.29) is 18.0 Å². The molecule has 5 nitrogen and oxygen atoms in total. The van der Waals surface area contributed by atoms with Crippen molar-refractivity contribution in [1.82, 2.24) is 9.80 Å². The summed E-state index contributed by atoms with van der Waals surface area (Å²) in [6.07, 6.45) is 7.91. The Morgan fingerprint density at radius 2 is 1.37 bits per heavy atom. The largest absolute Gasteiger partial charge is 0.383 e.